The van der Waals surface area contributed by atoms with Crippen LogP contribution >= 0.6 is 0 Å². The van der Waals surface area contributed by atoms with E-state index in [-0.39, 0.29) is 22.8 Å². The second-order valence-corrected chi connectivity index (χ2v) is 7.70. The quantitative estimate of drug-likeness (QED) is 0.716. The van der Waals surface area contributed by atoms with Gasteiger partial charge in [0.05, 0.1) is 42.1 Å². The van der Waals surface area contributed by atoms with Crippen LogP contribution in [-0.2, 0) is 16.1 Å². The number of Topliss-reactive ketones (excluding diaryl/α,β-unsaturated/α-hetero) is 1. The summed E-state index contributed by atoms with van der Waals surface area (Å²) in [6.45, 7) is 2.72. The first-order valence-corrected chi connectivity index (χ1v) is 9.35. The fourth-order valence-corrected chi connectivity index (χ4v) is 2.88. The van der Waals surface area contributed by atoms with Crippen molar-refractivity contribution >= 4 is 17.6 Å². The van der Waals surface area contributed by atoms with Crippen LogP contribution in [0, 0.1) is 23.7 Å². The topological polar surface area (TPSA) is 114 Å². The summed E-state index contributed by atoms with van der Waals surface area (Å²) >= 11 is 0. The molecule has 0 atom stereocenters. The lowest BCUT2D eigenvalue weighted by atomic mass is 9.86. The Bertz CT molecular complexity index is 1150. The number of aromatic nitrogens is 2. The monoisotopic (exact) mass is 450 g/mol. The Morgan fingerprint density at radius 1 is 1.25 bits per heavy atom. The van der Waals surface area contributed by atoms with E-state index in [0.717, 1.165) is 31.6 Å². The van der Waals surface area contributed by atoms with E-state index in [1.165, 1.54) is 25.1 Å². The van der Waals surface area contributed by atoms with Crippen molar-refractivity contribution in [2.75, 3.05) is 12.4 Å². The average Bonchev–Trinajstić information content (AvgIpc) is 2.69. The summed E-state index contributed by atoms with van der Waals surface area (Å²) in [4.78, 5) is 40.8. The highest BCUT2D eigenvalue weighted by Crippen LogP contribution is 2.40. The molecule has 0 fully saturated rings. The molecule has 1 N–H and O–H groups in total. The van der Waals surface area contributed by atoms with Gasteiger partial charge in [0.15, 0.2) is 5.78 Å². The highest BCUT2D eigenvalue weighted by molar-refractivity contribution is 5.91. The van der Waals surface area contributed by atoms with Crippen LogP contribution in [0.2, 0.25) is 0 Å². The number of carbonyl (C=O) groups excluding carboxylic acids is 2. The van der Waals surface area contributed by atoms with Crippen molar-refractivity contribution in [1.29, 1.82) is 5.26 Å². The second kappa shape index (κ2) is 9.21. The van der Waals surface area contributed by atoms with Gasteiger partial charge in [-0.2, -0.15) is 18.4 Å². The van der Waals surface area contributed by atoms with Crippen LogP contribution in [0.1, 0.15) is 31.7 Å². The van der Waals surface area contributed by atoms with Crippen LogP contribution in [0.15, 0.2) is 29.1 Å². The summed E-state index contributed by atoms with van der Waals surface area (Å²) in [5.41, 5.74) is -2.02. The van der Waals surface area contributed by atoms with E-state index in [9.17, 15) is 27.6 Å². The summed E-state index contributed by atoms with van der Waals surface area (Å²) in [6, 6.07) is 7.33. The van der Waals surface area contributed by atoms with Gasteiger partial charge in [-0.25, -0.2) is 9.78 Å². The van der Waals surface area contributed by atoms with Gasteiger partial charge in [0, 0.05) is 18.1 Å². The molecule has 1 amide bonds. The van der Waals surface area contributed by atoms with Gasteiger partial charge >= 0.3 is 12.3 Å². The van der Waals surface area contributed by atoms with Crippen LogP contribution < -0.4 is 10.9 Å². The number of ether oxygens (including phenoxy) is 1. The minimum Gasteiger partial charge on any atom is -0.453 e. The Balaban J connectivity index is 2.40. The number of carbonyl (C=O) groups is 2. The van der Waals surface area contributed by atoms with Crippen LogP contribution in [0.25, 0.3) is 11.3 Å². The molecule has 11 heteroatoms. The van der Waals surface area contributed by atoms with Gasteiger partial charge in [0.2, 0.25) is 0 Å². The number of alkyl halides is 3. The zero-order chi connectivity index (χ0) is 24.3. The molecule has 0 bridgehead atoms. The Labute approximate surface area is 181 Å². The number of nitrogens with zero attached hydrogens (tertiary/aromatic N) is 3. The fraction of sp³-hybridized carbons (Fsp3) is 0.381. The number of ketones is 1. The molecule has 0 saturated carbocycles. The molecule has 32 heavy (non-hydrogen) atoms. The summed E-state index contributed by atoms with van der Waals surface area (Å²) in [5.74, 6) is -0.669. The first kappa shape index (κ1) is 24.6. The molecule has 1 aromatic carbocycles. The predicted molar refractivity (Wildman–Crippen MR) is 109 cm³/mol. The van der Waals surface area contributed by atoms with E-state index in [2.05, 4.69) is 15.0 Å². The molecule has 0 unspecified atom stereocenters. The molecule has 1 heterocycles. The lowest BCUT2D eigenvalue weighted by Crippen LogP contribution is -2.36. The van der Waals surface area contributed by atoms with Gasteiger partial charge in [-0.05, 0) is 25.1 Å². The molecule has 0 aliphatic heterocycles. The highest BCUT2D eigenvalue weighted by Gasteiger charge is 2.48. The Morgan fingerprint density at radius 2 is 1.91 bits per heavy atom. The number of nitriles is 1. The zero-order valence-corrected chi connectivity index (χ0v) is 17.8. The van der Waals surface area contributed by atoms with E-state index < -0.39 is 42.0 Å². The molecule has 2 rings (SSSR count). The lowest BCUT2D eigenvalue weighted by molar-refractivity contribution is -0.213. The Kier molecular flexibility index (Phi) is 7.08. The summed E-state index contributed by atoms with van der Waals surface area (Å²) in [5, 5.41) is 11.5. The number of nitrogens with one attached hydrogen (secondary N) is 1. The van der Waals surface area contributed by atoms with Crippen molar-refractivity contribution in [3.8, 4) is 17.3 Å². The molecule has 2 aromatic rings. The number of benzene rings is 1. The van der Waals surface area contributed by atoms with Crippen LogP contribution in [0.4, 0.5) is 23.7 Å². The van der Waals surface area contributed by atoms with Crippen molar-refractivity contribution in [3.63, 3.8) is 0 Å². The minimum atomic E-state index is -4.57. The molecule has 0 radical (unpaired) electrons. The van der Waals surface area contributed by atoms with E-state index in [1.807, 2.05) is 6.07 Å². The van der Waals surface area contributed by atoms with Gasteiger partial charge in [-0.1, -0.05) is 13.8 Å². The van der Waals surface area contributed by atoms with Crippen molar-refractivity contribution < 1.29 is 27.5 Å². The van der Waals surface area contributed by atoms with Gasteiger partial charge in [-0.3, -0.25) is 19.5 Å². The summed E-state index contributed by atoms with van der Waals surface area (Å²) in [6.07, 6.45) is -6.15. The van der Waals surface area contributed by atoms with Gasteiger partial charge in [0.1, 0.15) is 5.82 Å². The van der Waals surface area contributed by atoms with Crippen molar-refractivity contribution in [3.05, 3.63) is 46.0 Å². The minimum absolute atomic E-state index is 0.0963. The first-order valence-electron chi connectivity index (χ1n) is 9.35. The lowest BCUT2D eigenvalue weighted by Gasteiger charge is -2.27. The van der Waals surface area contributed by atoms with Crippen molar-refractivity contribution in [2.24, 2.45) is 5.41 Å². The number of anilines is 1. The molecule has 170 valence electrons. The van der Waals surface area contributed by atoms with Crippen LogP contribution in [0.3, 0.4) is 0 Å². The van der Waals surface area contributed by atoms with Gasteiger partial charge in [-0.15, -0.1) is 0 Å². The smallest absolute Gasteiger partial charge is 0.411 e. The maximum atomic E-state index is 13.0. The van der Waals surface area contributed by atoms with E-state index >= 15 is 0 Å². The molecule has 0 saturated heterocycles. The summed E-state index contributed by atoms with van der Waals surface area (Å²) < 4.78 is 44.7. The molecular formula is C21H21F3N4O4. The zero-order valence-electron chi connectivity index (χ0n) is 17.8. The van der Waals surface area contributed by atoms with E-state index in [0.29, 0.717) is 5.56 Å². The van der Waals surface area contributed by atoms with Crippen molar-refractivity contribution in [1.82, 2.24) is 9.55 Å². The summed E-state index contributed by atoms with van der Waals surface area (Å²) in [7, 11) is 1.16. The number of halogens is 3. The van der Waals surface area contributed by atoms with Gasteiger partial charge in [0.25, 0.3) is 5.56 Å². The van der Waals surface area contributed by atoms with E-state index in [4.69, 9.17) is 5.26 Å². The standard InChI is InChI=1S/C21H21F3N4O4/c1-12-26-17(15-6-5-13(10-25)7-16(15)27-19(31)32-4)8-18(30)28(12)11-14(29)9-20(2,3)21(22,23)24/h5-8H,9,11H2,1-4H3,(H,27,31). The molecule has 8 nitrogen and oxygen atoms in total. The van der Waals surface area contributed by atoms with Crippen LogP contribution in [0.5, 0.6) is 0 Å². The third kappa shape index (κ3) is 5.51. The number of aryl methyl sites for hydroxylation is 1. The molecule has 0 aliphatic rings. The number of hydrogen-bond donors (Lipinski definition) is 1. The third-order valence-electron chi connectivity index (χ3n) is 4.79. The maximum Gasteiger partial charge on any atom is 0.411 e. The normalized spacial score (nSPS) is 11.6. The maximum absolute atomic E-state index is 13.0. The molecule has 0 aliphatic carbocycles. The number of hydrogen-bond acceptors (Lipinski definition) is 6. The average molecular weight is 450 g/mol. The highest BCUT2D eigenvalue weighted by atomic mass is 19.4. The third-order valence-corrected chi connectivity index (χ3v) is 4.79. The van der Waals surface area contributed by atoms with Gasteiger partial charge < -0.3 is 4.74 Å². The number of methoxy groups -OCH3 is 1. The Hall–Kier alpha value is -3.68. The molecule has 1 aromatic heterocycles. The SMILES string of the molecule is COC(=O)Nc1cc(C#N)ccc1-c1cc(=O)n(CC(=O)CC(C)(C)C(F)(F)F)c(C)n1. The largest absolute Gasteiger partial charge is 0.453 e. The Morgan fingerprint density at radius 3 is 2.44 bits per heavy atom. The van der Waals surface area contributed by atoms with Crippen molar-refractivity contribution in [2.45, 2.75) is 39.9 Å². The predicted octanol–water partition coefficient (Wildman–Crippen LogP) is 3.82. The van der Waals surface area contributed by atoms with Crippen LogP contribution in [-0.4, -0.2) is 34.7 Å². The van der Waals surface area contributed by atoms with E-state index in [1.54, 1.807) is 0 Å². The number of rotatable bonds is 6. The molecular weight excluding hydrogens is 429 g/mol. The second-order valence-electron chi connectivity index (χ2n) is 7.70. The number of amides is 1. The first-order chi connectivity index (χ1) is 14.8. The fourth-order valence-electron chi connectivity index (χ4n) is 2.88. The molecule has 0 spiro atoms.